The van der Waals surface area contributed by atoms with Gasteiger partial charge >= 0.3 is 0 Å². The summed E-state index contributed by atoms with van der Waals surface area (Å²) >= 11 is 0. The molecular formula is C16H24N2O2. The Bertz CT molecular complexity index is 442. The molecule has 1 aliphatic heterocycles. The average Bonchev–Trinajstić information content (AvgIpc) is 2.54. The first-order valence-corrected chi connectivity index (χ1v) is 7.33. The van der Waals surface area contributed by atoms with E-state index in [0.29, 0.717) is 6.54 Å². The van der Waals surface area contributed by atoms with Crippen LogP contribution < -0.4 is 5.73 Å². The number of benzene rings is 1. The van der Waals surface area contributed by atoms with Gasteiger partial charge in [0, 0.05) is 31.8 Å². The van der Waals surface area contributed by atoms with Crippen LogP contribution in [0.15, 0.2) is 24.3 Å². The van der Waals surface area contributed by atoms with Gasteiger partial charge in [0.25, 0.3) is 5.91 Å². The fourth-order valence-corrected chi connectivity index (χ4v) is 2.77. The number of carbonyl (C=O) groups excluding carboxylic acids is 1. The zero-order valence-electron chi connectivity index (χ0n) is 12.1. The molecule has 1 aliphatic rings. The second-order valence-corrected chi connectivity index (χ2v) is 5.70. The van der Waals surface area contributed by atoms with E-state index in [2.05, 4.69) is 6.92 Å². The second kappa shape index (κ2) is 6.37. The fourth-order valence-electron chi connectivity index (χ4n) is 2.77. The molecule has 0 saturated carbocycles. The molecule has 4 heteroatoms. The second-order valence-electron chi connectivity index (χ2n) is 5.70. The van der Waals surface area contributed by atoms with E-state index in [1.54, 1.807) is 0 Å². The highest BCUT2D eigenvalue weighted by atomic mass is 16.3. The molecule has 0 bridgehead atoms. The van der Waals surface area contributed by atoms with E-state index in [1.165, 1.54) is 0 Å². The van der Waals surface area contributed by atoms with Crippen LogP contribution >= 0.6 is 0 Å². The zero-order chi connectivity index (χ0) is 14.6. The molecule has 1 aromatic carbocycles. The average molecular weight is 276 g/mol. The Morgan fingerprint density at radius 1 is 1.30 bits per heavy atom. The van der Waals surface area contributed by atoms with E-state index >= 15 is 0 Å². The fraction of sp³-hybridized carbons (Fsp3) is 0.562. The summed E-state index contributed by atoms with van der Waals surface area (Å²) in [5.41, 5.74) is 7.32. The lowest BCUT2D eigenvalue weighted by atomic mass is 9.77. The van der Waals surface area contributed by atoms with Crippen LogP contribution in [0.4, 0.5) is 0 Å². The highest BCUT2D eigenvalue weighted by Gasteiger charge is 2.34. The van der Waals surface area contributed by atoms with Crippen molar-refractivity contribution in [2.75, 3.05) is 19.7 Å². The normalized spacial score (nSPS) is 18.1. The minimum absolute atomic E-state index is 0.0141. The summed E-state index contributed by atoms with van der Waals surface area (Å²) in [6.07, 6.45) is 2.73. The molecule has 1 aromatic rings. The number of amides is 1. The van der Waals surface area contributed by atoms with Crippen LogP contribution in [0.3, 0.4) is 0 Å². The summed E-state index contributed by atoms with van der Waals surface area (Å²) in [7, 11) is 0. The molecule has 0 aromatic heterocycles. The molecule has 0 unspecified atom stereocenters. The number of nitrogens with two attached hydrogens (primary N) is 1. The van der Waals surface area contributed by atoms with Crippen molar-refractivity contribution >= 4 is 5.91 Å². The molecule has 0 spiro atoms. The van der Waals surface area contributed by atoms with Gasteiger partial charge in [-0.25, -0.2) is 0 Å². The van der Waals surface area contributed by atoms with Gasteiger partial charge in [-0.1, -0.05) is 19.1 Å². The molecular weight excluding hydrogens is 252 g/mol. The van der Waals surface area contributed by atoms with Crippen molar-refractivity contribution in [3.05, 3.63) is 35.4 Å². The van der Waals surface area contributed by atoms with Gasteiger partial charge in [0.15, 0.2) is 0 Å². The molecule has 1 saturated heterocycles. The monoisotopic (exact) mass is 276 g/mol. The van der Waals surface area contributed by atoms with Crippen molar-refractivity contribution < 1.29 is 9.90 Å². The Balaban J connectivity index is 2.00. The third-order valence-electron chi connectivity index (χ3n) is 4.63. The van der Waals surface area contributed by atoms with E-state index in [-0.39, 0.29) is 17.9 Å². The van der Waals surface area contributed by atoms with Gasteiger partial charge in [-0.15, -0.1) is 0 Å². The highest BCUT2D eigenvalue weighted by Crippen LogP contribution is 2.34. The molecule has 0 radical (unpaired) electrons. The summed E-state index contributed by atoms with van der Waals surface area (Å²) in [5.74, 6) is 0.0798. The number of likely N-dealkylation sites (tertiary alicyclic amines) is 1. The molecule has 1 amide bonds. The Labute approximate surface area is 120 Å². The first-order valence-electron chi connectivity index (χ1n) is 7.33. The van der Waals surface area contributed by atoms with Crippen molar-refractivity contribution in [1.82, 2.24) is 4.90 Å². The number of rotatable bonds is 4. The lowest BCUT2D eigenvalue weighted by Crippen LogP contribution is -2.44. The molecule has 0 atom stereocenters. The smallest absolute Gasteiger partial charge is 0.253 e. The van der Waals surface area contributed by atoms with Gasteiger partial charge in [-0.3, -0.25) is 4.79 Å². The SMILES string of the molecule is CCC1(CO)CCN(C(=O)c2ccc(CN)cc2)CC1. The van der Waals surface area contributed by atoms with E-state index in [4.69, 9.17) is 5.73 Å². The summed E-state index contributed by atoms with van der Waals surface area (Å²) < 4.78 is 0. The minimum Gasteiger partial charge on any atom is -0.396 e. The van der Waals surface area contributed by atoms with Gasteiger partial charge in [-0.05, 0) is 42.4 Å². The van der Waals surface area contributed by atoms with Gasteiger partial charge in [0.2, 0.25) is 0 Å². The topological polar surface area (TPSA) is 66.6 Å². The standard InChI is InChI=1S/C16H24N2O2/c1-2-16(12-19)7-9-18(10-8-16)15(20)14-5-3-13(11-17)4-6-14/h3-6,19H,2,7-12,17H2,1H3. The Kier molecular flexibility index (Phi) is 4.78. The van der Waals surface area contributed by atoms with Gasteiger partial charge in [0.05, 0.1) is 0 Å². The van der Waals surface area contributed by atoms with E-state index < -0.39 is 0 Å². The quantitative estimate of drug-likeness (QED) is 0.880. The van der Waals surface area contributed by atoms with Gasteiger partial charge < -0.3 is 15.7 Å². The minimum atomic E-state index is 0.0141. The van der Waals surface area contributed by atoms with Crippen molar-refractivity contribution in [1.29, 1.82) is 0 Å². The van der Waals surface area contributed by atoms with Gasteiger partial charge in [0.1, 0.15) is 0 Å². The number of aliphatic hydroxyl groups excluding tert-OH is 1. The number of hydrogen-bond acceptors (Lipinski definition) is 3. The molecule has 4 nitrogen and oxygen atoms in total. The molecule has 2 rings (SSSR count). The number of carbonyl (C=O) groups is 1. The van der Waals surface area contributed by atoms with E-state index in [0.717, 1.165) is 43.5 Å². The number of aliphatic hydroxyl groups is 1. The summed E-state index contributed by atoms with van der Waals surface area (Å²) in [6.45, 7) is 4.28. The maximum absolute atomic E-state index is 12.4. The van der Waals surface area contributed by atoms with Crippen LogP contribution in [0.1, 0.15) is 42.1 Å². The molecule has 1 heterocycles. The van der Waals surface area contributed by atoms with Crippen molar-refractivity contribution in [3.8, 4) is 0 Å². The maximum atomic E-state index is 12.4. The van der Waals surface area contributed by atoms with Crippen LogP contribution in [-0.4, -0.2) is 35.6 Å². The van der Waals surface area contributed by atoms with E-state index in [1.807, 2.05) is 29.2 Å². The number of nitrogens with zero attached hydrogens (tertiary/aromatic N) is 1. The van der Waals surface area contributed by atoms with Crippen molar-refractivity contribution in [3.63, 3.8) is 0 Å². The zero-order valence-corrected chi connectivity index (χ0v) is 12.1. The first-order chi connectivity index (χ1) is 9.64. The lowest BCUT2D eigenvalue weighted by Gasteiger charge is -2.40. The van der Waals surface area contributed by atoms with E-state index in [9.17, 15) is 9.90 Å². The molecule has 1 fully saturated rings. The van der Waals surface area contributed by atoms with Crippen LogP contribution in [0, 0.1) is 5.41 Å². The van der Waals surface area contributed by atoms with Crippen LogP contribution in [0.5, 0.6) is 0 Å². The maximum Gasteiger partial charge on any atom is 0.253 e. The molecule has 20 heavy (non-hydrogen) atoms. The van der Waals surface area contributed by atoms with Crippen molar-refractivity contribution in [2.45, 2.75) is 32.7 Å². The molecule has 3 N–H and O–H groups in total. The van der Waals surface area contributed by atoms with Crippen LogP contribution in [0.25, 0.3) is 0 Å². The van der Waals surface area contributed by atoms with Gasteiger partial charge in [-0.2, -0.15) is 0 Å². The third-order valence-corrected chi connectivity index (χ3v) is 4.63. The largest absolute Gasteiger partial charge is 0.396 e. The highest BCUT2D eigenvalue weighted by molar-refractivity contribution is 5.94. The van der Waals surface area contributed by atoms with Crippen LogP contribution in [-0.2, 0) is 6.54 Å². The Hall–Kier alpha value is -1.39. The molecule has 0 aliphatic carbocycles. The van der Waals surface area contributed by atoms with Crippen molar-refractivity contribution in [2.24, 2.45) is 11.1 Å². The summed E-state index contributed by atoms with van der Waals surface area (Å²) in [4.78, 5) is 14.3. The molecule has 110 valence electrons. The number of piperidine rings is 1. The third kappa shape index (κ3) is 3.02. The predicted molar refractivity (Wildman–Crippen MR) is 79.3 cm³/mol. The summed E-state index contributed by atoms with van der Waals surface area (Å²) in [6, 6.07) is 7.50. The predicted octanol–water partition coefficient (Wildman–Crippen LogP) is 1.77. The van der Waals surface area contributed by atoms with Crippen LogP contribution in [0.2, 0.25) is 0 Å². The Morgan fingerprint density at radius 2 is 1.90 bits per heavy atom. The number of hydrogen-bond donors (Lipinski definition) is 2. The Morgan fingerprint density at radius 3 is 2.35 bits per heavy atom. The first kappa shape index (κ1) is 15.0. The lowest BCUT2D eigenvalue weighted by molar-refractivity contribution is 0.0338. The summed E-state index contributed by atoms with van der Waals surface area (Å²) in [5, 5.41) is 9.53.